The Kier molecular flexibility index (Phi) is 7.83. The Labute approximate surface area is 245 Å². The number of hydrogen-bond donors (Lipinski definition) is 1. The summed E-state index contributed by atoms with van der Waals surface area (Å²) in [7, 11) is 0. The Morgan fingerprint density at radius 3 is 2.50 bits per heavy atom. The molecule has 230 valence electrons. The minimum atomic E-state index is -2.35. The van der Waals surface area contributed by atoms with E-state index in [0.717, 1.165) is 25.3 Å². The van der Waals surface area contributed by atoms with E-state index in [0.29, 0.717) is 18.8 Å². The van der Waals surface area contributed by atoms with E-state index in [1.807, 2.05) is 0 Å². The molecule has 1 N–H and O–H groups in total. The van der Waals surface area contributed by atoms with Gasteiger partial charge in [-0.15, -0.1) is 0 Å². The van der Waals surface area contributed by atoms with Crippen molar-refractivity contribution in [3.8, 4) is 6.07 Å². The highest BCUT2D eigenvalue weighted by Crippen LogP contribution is 2.71. The van der Waals surface area contributed by atoms with Gasteiger partial charge in [0.2, 0.25) is 5.60 Å². The maximum Gasteiger partial charge on any atom is 0.509 e. The maximum absolute atomic E-state index is 17.5. The zero-order valence-corrected chi connectivity index (χ0v) is 24.7. The van der Waals surface area contributed by atoms with E-state index in [1.165, 1.54) is 19.1 Å². The first-order valence-electron chi connectivity index (χ1n) is 15.2. The Balaban J connectivity index is 1.51. The van der Waals surface area contributed by atoms with Crippen molar-refractivity contribution in [3.63, 3.8) is 0 Å². The predicted molar refractivity (Wildman–Crippen MR) is 146 cm³/mol. The number of carbonyl (C=O) groups is 3. The lowest BCUT2D eigenvalue weighted by Gasteiger charge is -2.62. The highest BCUT2D eigenvalue weighted by molar-refractivity contribution is 6.01. The number of allylic oxidation sites excluding steroid dienone is 4. The minimum absolute atomic E-state index is 0.000219. The lowest BCUT2D eigenvalue weighted by molar-refractivity contribution is -0.234. The topological polar surface area (TPSA) is 123 Å². The van der Waals surface area contributed by atoms with Crippen molar-refractivity contribution in [1.29, 1.82) is 5.26 Å². The van der Waals surface area contributed by atoms with Crippen LogP contribution in [0.3, 0.4) is 0 Å². The van der Waals surface area contributed by atoms with E-state index >= 15 is 8.78 Å². The average molecular weight is 590 g/mol. The van der Waals surface area contributed by atoms with Crippen molar-refractivity contribution in [2.45, 2.75) is 109 Å². The molecule has 10 heteroatoms. The fourth-order valence-electron chi connectivity index (χ4n) is 9.37. The van der Waals surface area contributed by atoms with Gasteiger partial charge in [-0.3, -0.25) is 4.79 Å². The zero-order valence-electron chi connectivity index (χ0n) is 24.7. The smallest absolute Gasteiger partial charge is 0.447 e. The van der Waals surface area contributed by atoms with Crippen molar-refractivity contribution in [1.82, 2.24) is 0 Å². The number of ketones is 1. The van der Waals surface area contributed by atoms with E-state index in [-0.39, 0.29) is 30.9 Å². The van der Waals surface area contributed by atoms with Gasteiger partial charge in [0.1, 0.15) is 18.3 Å². The van der Waals surface area contributed by atoms with E-state index in [9.17, 15) is 19.5 Å². The van der Waals surface area contributed by atoms with E-state index in [4.69, 9.17) is 19.5 Å². The number of alkyl halides is 2. The summed E-state index contributed by atoms with van der Waals surface area (Å²) >= 11 is 0. The highest BCUT2D eigenvalue weighted by atomic mass is 19.1. The van der Waals surface area contributed by atoms with Crippen molar-refractivity contribution >= 4 is 17.9 Å². The highest BCUT2D eigenvalue weighted by Gasteiger charge is 2.79. The van der Waals surface area contributed by atoms with Crippen LogP contribution in [0, 0.1) is 45.8 Å². The molecule has 0 heterocycles. The molecule has 0 spiro atoms. The lowest BCUT2D eigenvalue weighted by atomic mass is 9.44. The van der Waals surface area contributed by atoms with Crippen molar-refractivity contribution in [2.75, 3.05) is 6.61 Å². The number of fused-ring (bicyclic) bond motifs is 5. The first kappa shape index (κ1) is 30.7. The number of ether oxygens (including phenoxy) is 3. The molecule has 0 amide bonds. The molecule has 42 heavy (non-hydrogen) atoms. The van der Waals surface area contributed by atoms with Crippen molar-refractivity contribution in [2.24, 2.45) is 34.5 Å². The summed E-state index contributed by atoms with van der Waals surface area (Å²) in [6, 6.07) is 1.76. The minimum Gasteiger partial charge on any atom is -0.447 e. The fourth-order valence-corrected chi connectivity index (χ4v) is 9.37. The zero-order chi connectivity index (χ0) is 30.7. The van der Waals surface area contributed by atoms with Crippen LogP contribution in [0.25, 0.3) is 0 Å². The monoisotopic (exact) mass is 589 g/mol. The third kappa shape index (κ3) is 4.24. The summed E-state index contributed by atoms with van der Waals surface area (Å²) in [6.45, 7) is 6.37. The molecule has 9 atom stereocenters. The maximum atomic E-state index is 17.5. The molecule has 0 bridgehead atoms. The number of hydrogen-bond acceptors (Lipinski definition) is 8. The molecule has 4 saturated carbocycles. The van der Waals surface area contributed by atoms with E-state index in [1.54, 1.807) is 19.9 Å². The Morgan fingerprint density at radius 1 is 1.17 bits per heavy atom. The molecule has 0 aromatic heterocycles. The number of rotatable bonds is 5. The molecule has 0 radical (unpaired) electrons. The summed E-state index contributed by atoms with van der Waals surface area (Å²) in [5.41, 5.74) is -7.32. The first-order chi connectivity index (χ1) is 19.8. The predicted octanol–water partition coefficient (Wildman–Crippen LogP) is 5.48. The molecule has 0 unspecified atom stereocenters. The largest absolute Gasteiger partial charge is 0.509 e. The molecular formula is C32H41F2NO7. The molecule has 8 nitrogen and oxygen atoms in total. The van der Waals surface area contributed by atoms with Crippen LogP contribution in [0.2, 0.25) is 0 Å². The van der Waals surface area contributed by atoms with Gasteiger partial charge in [0, 0.05) is 22.7 Å². The second-order valence-electron chi connectivity index (χ2n) is 13.5. The number of nitrogens with zero attached hydrogens (tertiary/aromatic N) is 1. The normalized spacial score (nSPS) is 45.9. The van der Waals surface area contributed by atoms with Crippen LogP contribution in [-0.4, -0.2) is 59.3 Å². The molecule has 5 aliphatic rings. The van der Waals surface area contributed by atoms with Gasteiger partial charge in [-0.2, -0.15) is 5.26 Å². The Bertz CT molecular complexity index is 1240. The summed E-state index contributed by atoms with van der Waals surface area (Å²) in [5.74, 6) is -3.33. The van der Waals surface area contributed by atoms with Crippen LogP contribution in [-0.2, 0) is 23.8 Å². The second kappa shape index (κ2) is 10.7. The second-order valence-corrected chi connectivity index (χ2v) is 13.5. The quantitative estimate of drug-likeness (QED) is 0.419. The molecule has 4 fully saturated rings. The standard InChI is InChI=1S/C32H41F2NO7/c1-5-19-6-8-21(9-7-19)41-28(39)42-32(27(38)40-13-12-35)18(2)14-22-23-16-25(33)24-15-20(36)10-11-29(24,3)31(23,34)26(37)17-30(22,32)4/h10-11,15,18-19,21-23,25-26,37H,5-9,13-14,16-17H2,1-4H3/t18-,19-,21+,22+,23+,25+,26+,29+,30+,31+,32+/m1/s1. The number of aliphatic hydroxyl groups excluding tert-OH is 1. The first-order valence-corrected chi connectivity index (χ1v) is 15.2. The van der Waals surface area contributed by atoms with Gasteiger partial charge in [0.05, 0.1) is 6.10 Å². The molecule has 0 saturated heterocycles. The summed E-state index contributed by atoms with van der Waals surface area (Å²) in [5, 5.41) is 20.8. The summed E-state index contributed by atoms with van der Waals surface area (Å²) in [6.07, 6.45) is 2.68. The molecule has 0 aromatic carbocycles. The number of nitriles is 1. The molecule has 0 aliphatic heterocycles. The third-order valence-electron chi connectivity index (χ3n) is 11.6. The third-order valence-corrected chi connectivity index (χ3v) is 11.6. The van der Waals surface area contributed by atoms with Crippen LogP contribution in [0.1, 0.15) is 79.1 Å². The van der Waals surface area contributed by atoms with Crippen molar-refractivity contribution < 1.29 is 42.5 Å². The van der Waals surface area contributed by atoms with Gasteiger partial charge in [0.15, 0.2) is 18.1 Å². The number of aliphatic hydroxyl groups is 1. The molecule has 5 aliphatic carbocycles. The summed E-state index contributed by atoms with van der Waals surface area (Å²) in [4.78, 5) is 39.3. The van der Waals surface area contributed by atoms with Crippen LogP contribution in [0.15, 0.2) is 23.8 Å². The Morgan fingerprint density at radius 2 is 1.86 bits per heavy atom. The van der Waals surface area contributed by atoms with Gasteiger partial charge >= 0.3 is 12.1 Å². The SMILES string of the molecule is CC[C@H]1CC[C@@H](OC(=O)O[C@]2(C(=O)OCC#N)[C@H](C)C[C@H]3[C@@H]4C[C@H](F)C5=CC(=O)C=C[C@]5(C)[C@@]4(F)[C@@H](O)C[C@@]32C)CC1. The Hall–Kier alpha value is -2.80. The van der Waals surface area contributed by atoms with Crippen LogP contribution in [0.5, 0.6) is 0 Å². The van der Waals surface area contributed by atoms with Crippen molar-refractivity contribution in [3.05, 3.63) is 23.8 Å². The van der Waals surface area contributed by atoms with Crippen LogP contribution < -0.4 is 0 Å². The van der Waals surface area contributed by atoms with Gasteiger partial charge < -0.3 is 19.3 Å². The van der Waals surface area contributed by atoms with E-state index in [2.05, 4.69) is 6.92 Å². The number of esters is 1. The van der Waals surface area contributed by atoms with E-state index < -0.39 is 76.6 Å². The molecule has 0 aromatic rings. The molecule has 5 rings (SSSR count). The fraction of sp³-hybridized carbons (Fsp3) is 0.750. The average Bonchev–Trinajstić information content (AvgIpc) is 3.17. The lowest BCUT2D eigenvalue weighted by Crippen LogP contribution is -2.71. The van der Waals surface area contributed by atoms with Crippen LogP contribution in [0.4, 0.5) is 13.6 Å². The van der Waals surface area contributed by atoms with Gasteiger partial charge in [-0.05, 0) is 81.4 Å². The molecular weight excluding hydrogens is 548 g/mol. The van der Waals surface area contributed by atoms with Gasteiger partial charge in [-0.1, -0.05) is 33.3 Å². The van der Waals surface area contributed by atoms with Gasteiger partial charge in [0.25, 0.3) is 0 Å². The summed E-state index contributed by atoms with van der Waals surface area (Å²) < 4.78 is 50.3. The van der Waals surface area contributed by atoms with Gasteiger partial charge in [-0.25, -0.2) is 18.4 Å². The number of carbonyl (C=O) groups excluding carboxylic acids is 3. The number of halogens is 2. The van der Waals surface area contributed by atoms with Crippen LogP contribution >= 0.6 is 0 Å².